The molecular formula is C22H30O7. The summed E-state index contributed by atoms with van der Waals surface area (Å²) < 4.78 is 11.7. The number of carbonyl (C=O) groups is 2. The largest absolute Gasteiger partial charge is 0.462 e. The first-order chi connectivity index (χ1) is 13.5. The number of hydrogen-bond donors (Lipinski definition) is 3. The maximum Gasteiger partial charge on any atom is 0.302 e. The average molecular weight is 406 g/mol. The molecule has 7 heteroatoms. The first-order valence-corrected chi connectivity index (χ1v) is 10.6. The Balaban J connectivity index is 1.79. The number of ether oxygens (including phenoxy) is 2. The molecule has 2 aliphatic heterocycles. The van der Waals surface area contributed by atoms with E-state index in [0.29, 0.717) is 31.3 Å². The number of aliphatic hydroxyl groups excluding tert-OH is 2. The van der Waals surface area contributed by atoms with E-state index in [4.69, 9.17) is 9.47 Å². The molecule has 2 heterocycles. The highest BCUT2D eigenvalue weighted by Gasteiger charge is 2.87. The van der Waals surface area contributed by atoms with E-state index < -0.39 is 64.4 Å². The highest BCUT2D eigenvalue weighted by Crippen LogP contribution is 2.76. The van der Waals surface area contributed by atoms with Crippen LogP contribution < -0.4 is 0 Å². The van der Waals surface area contributed by atoms with Gasteiger partial charge in [0.15, 0.2) is 5.78 Å². The molecule has 4 bridgehead atoms. The van der Waals surface area contributed by atoms with Crippen LogP contribution in [0.2, 0.25) is 0 Å². The van der Waals surface area contributed by atoms with Crippen LogP contribution in [-0.2, 0) is 19.1 Å². The number of carbonyl (C=O) groups excluding carboxylic acids is 2. The quantitative estimate of drug-likeness (QED) is 0.439. The molecule has 0 amide bonds. The number of rotatable bonds is 1. The van der Waals surface area contributed by atoms with Crippen molar-refractivity contribution in [2.45, 2.75) is 70.6 Å². The second-order valence-corrected chi connectivity index (χ2v) is 10.5. The molecular weight excluding hydrogens is 376 g/mol. The summed E-state index contributed by atoms with van der Waals surface area (Å²) in [5, 5.41) is 34.5. The maximum absolute atomic E-state index is 13.5. The average Bonchev–Trinajstić information content (AvgIpc) is 2.74. The molecule has 6 fully saturated rings. The van der Waals surface area contributed by atoms with Crippen LogP contribution in [0.3, 0.4) is 0 Å². The predicted octanol–water partition coefficient (Wildman–Crippen LogP) is 0.946. The summed E-state index contributed by atoms with van der Waals surface area (Å²) in [6.07, 6.45) is -0.674. The first kappa shape index (κ1) is 19.7. The van der Waals surface area contributed by atoms with Gasteiger partial charge in [-0.2, -0.15) is 0 Å². The fourth-order valence-electron chi connectivity index (χ4n) is 8.24. The molecule has 0 radical (unpaired) electrons. The van der Waals surface area contributed by atoms with Crippen molar-refractivity contribution < 1.29 is 34.4 Å². The van der Waals surface area contributed by atoms with E-state index in [1.54, 1.807) is 0 Å². The van der Waals surface area contributed by atoms with Gasteiger partial charge in [-0.3, -0.25) is 9.59 Å². The van der Waals surface area contributed by atoms with Gasteiger partial charge in [0.05, 0.1) is 12.7 Å². The molecule has 9 atom stereocenters. The van der Waals surface area contributed by atoms with Crippen LogP contribution in [-0.4, -0.2) is 57.8 Å². The van der Waals surface area contributed by atoms with E-state index in [0.717, 1.165) is 0 Å². The van der Waals surface area contributed by atoms with Gasteiger partial charge in [0.2, 0.25) is 5.79 Å². The van der Waals surface area contributed by atoms with Gasteiger partial charge in [-0.05, 0) is 42.6 Å². The number of hydrogen-bond acceptors (Lipinski definition) is 7. The molecule has 160 valence electrons. The number of esters is 1. The molecule has 2 spiro atoms. The van der Waals surface area contributed by atoms with Crippen molar-refractivity contribution in [2.24, 2.45) is 34.0 Å². The summed E-state index contributed by atoms with van der Waals surface area (Å²) in [4.78, 5) is 25.5. The molecule has 6 aliphatic rings. The SMILES string of the molecule is C=C1C(=O)[C@]23C(O)C1CCC2[C@@]12CO[C@]3(O)C(O)C1C(C)(C)CCC2OC(C)=O. The van der Waals surface area contributed by atoms with Crippen molar-refractivity contribution in [3.63, 3.8) is 0 Å². The molecule has 6 unspecified atom stereocenters. The smallest absolute Gasteiger partial charge is 0.302 e. The van der Waals surface area contributed by atoms with E-state index in [9.17, 15) is 24.9 Å². The molecule has 7 nitrogen and oxygen atoms in total. The van der Waals surface area contributed by atoms with E-state index in [1.165, 1.54) is 6.92 Å². The van der Waals surface area contributed by atoms with Crippen LogP contribution in [0.1, 0.15) is 46.5 Å². The van der Waals surface area contributed by atoms with Crippen LogP contribution in [0.15, 0.2) is 12.2 Å². The van der Waals surface area contributed by atoms with Gasteiger partial charge in [-0.1, -0.05) is 20.4 Å². The lowest BCUT2D eigenvalue weighted by Gasteiger charge is -2.74. The van der Waals surface area contributed by atoms with Crippen molar-refractivity contribution in [3.8, 4) is 0 Å². The van der Waals surface area contributed by atoms with E-state index in [-0.39, 0.29) is 12.0 Å². The zero-order valence-corrected chi connectivity index (χ0v) is 17.2. The van der Waals surface area contributed by atoms with Gasteiger partial charge in [0.25, 0.3) is 0 Å². The van der Waals surface area contributed by atoms with Crippen LogP contribution in [0.25, 0.3) is 0 Å². The number of fused-ring (bicyclic) bond motifs is 2. The van der Waals surface area contributed by atoms with Crippen molar-refractivity contribution in [3.05, 3.63) is 12.2 Å². The summed E-state index contributed by atoms with van der Waals surface area (Å²) in [5.74, 6) is -4.38. The van der Waals surface area contributed by atoms with Crippen molar-refractivity contribution in [1.82, 2.24) is 0 Å². The monoisotopic (exact) mass is 406 g/mol. The predicted molar refractivity (Wildman–Crippen MR) is 100 cm³/mol. The minimum Gasteiger partial charge on any atom is -0.462 e. The summed E-state index contributed by atoms with van der Waals surface area (Å²) in [7, 11) is 0. The van der Waals surface area contributed by atoms with Crippen LogP contribution in [0.4, 0.5) is 0 Å². The van der Waals surface area contributed by atoms with Gasteiger partial charge < -0.3 is 24.8 Å². The van der Waals surface area contributed by atoms with Crippen molar-refractivity contribution in [2.75, 3.05) is 6.61 Å². The second-order valence-electron chi connectivity index (χ2n) is 10.5. The topological polar surface area (TPSA) is 113 Å². The molecule has 3 N–H and O–H groups in total. The third-order valence-electron chi connectivity index (χ3n) is 9.16. The minimum atomic E-state index is -2.19. The Labute approximate surface area is 170 Å². The van der Waals surface area contributed by atoms with Gasteiger partial charge in [-0.15, -0.1) is 0 Å². The molecule has 2 saturated heterocycles. The minimum absolute atomic E-state index is 0.0795. The number of Topliss-reactive ketones (excluding diaryl/α,β-unsaturated/α-hetero) is 1. The van der Waals surface area contributed by atoms with Gasteiger partial charge in [-0.25, -0.2) is 0 Å². The van der Waals surface area contributed by atoms with Gasteiger partial charge in [0, 0.05) is 24.2 Å². The van der Waals surface area contributed by atoms with Crippen LogP contribution in [0.5, 0.6) is 0 Å². The lowest BCUT2D eigenvalue weighted by molar-refractivity contribution is -0.458. The molecule has 4 saturated carbocycles. The molecule has 0 aromatic rings. The Morgan fingerprint density at radius 3 is 2.55 bits per heavy atom. The first-order valence-electron chi connectivity index (χ1n) is 10.6. The van der Waals surface area contributed by atoms with E-state index in [1.807, 2.05) is 13.8 Å². The Kier molecular flexibility index (Phi) is 3.73. The molecule has 29 heavy (non-hydrogen) atoms. The van der Waals surface area contributed by atoms with Gasteiger partial charge in [0.1, 0.15) is 17.6 Å². The highest BCUT2D eigenvalue weighted by atomic mass is 16.6. The lowest BCUT2D eigenvalue weighted by atomic mass is 9.35. The number of aliphatic hydroxyl groups is 3. The second kappa shape index (κ2) is 5.49. The zero-order valence-electron chi connectivity index (χ0n) is 17.2. The number of ketones is 1. The summed E-state index contributed by atoms with van der Waals surface area (Å²) in [5.41, 5.74) is -2.60. The molecule has 6 rings (SSSR count). The van der Waals surface area contributed by atoms with Crippen molar-refractivity contribution >= 4 is 11.8 Å². The van der Waals surface area contributed by atoms with Crippen LogP contribution >= 0.6 is 0 Å². The van der Waals surface area contributed by atoms with E-state index in [2.05, 4.69) is 6.58 Å². The van der Waals surface area contributed by atoms with Crippen LogP contribution in [0, 0.1) is 34.0 Å². The highest BCUT2D eigenvalue weighted by molar-refractivity contribution is 6.05. The lowest BCUT2D eigenvalue weighted by Crippen LogP contribution is -2.85. The Morgan fingerprint density at radius 2 is 1.90 bits per heavy atom. The zero-order chi connectivity index (χ0) is 21.1. The Hall–Kier alpha value is -1.28. The fraction of sp³-hybridized carbons (Fsp3) is 0.818. The van der Waals surface area contributed by atoms with Gasteiger partial charge >= 0.3 is 5.97 Å². The fourth-order valence-corrected chi connectivity index (χ4v) is 8.24. The van der Waals surface area contributed by atoms with Crippen molar-refractivity contribution in [1.29, 1.82) is 0 Å². The molecule has 4 aliphatic carbocycles. The third kappa shape index (κ3) is 1.86. The standard InChI is InChI=1S/C22H30O7/c1-10-12-5-6-13-20-9-28-22(27,21(13,16(10)24)17(12)25)18(26)15(20)19(3,4)8-7-14(20)29-11(2)23/h12-15,17-18,25-27H,1,5-9H2,2-4H3/t12?,13?,14?,15?,17?,18?,20-,21+,22-/m1/s1. The van der Waals surface area contributed by atoms with E-state index >= 15 is 0 Å². The summed E-state index contributed by atoms with van der Waals surface area (Å²) >= 11 is 0. The summed E-state index contributed by atoms with van der Waals surface area (Å²) in [6, 6.07) is 0. The molecule has 0 aromatic heterocycles. The molecule has 0 aromatic carbocycles. The third-order valence-corrected chi connectivity index (χ3v) is 9.16. The summed E-state index contributed by atoms with van der Waals surface area (Å²) in [6.45, 7) is 9.43. The Bertz CT molecular complexity index is 820. The normalized spacial score (nSPS) is 54.7. The maximum atomic E-state index is 13.5. The Morgan fingerprint density at radius 1 is 1.21 bits per heavy atom.